The van der Waals surface area contributed by atoms with E-state index in [1.54, 1.807) is 12.4 Å². The predicted octanol–water partition coefficient (Wildman–Crippen LogP) is 5.36. The molecule has 0 saturated carbocycles. The molecule has 1 saturated heterocycles. The number of rotatable bonds is 10. The van der Waals surface area contributed by atoms with Crippen molar-refractivity contribution in [1.82, 2.24) is 20.2 Å². The highest BCUT2D eigenvalue weighted by Gasteiger charge is 2.23. The van der Waals surface area contributed by atoms with Crippen LogP contribution in [0.2, 0.25) is 0 Å². The van der Waals surface area contributed by atoms with E-state index in [0.717, 1.165) is 73.2 Å². The van der Waals surface area contributed by atoms with Crippen molar-refractivity contribution in [2.45, 2.75) is 39.0 Å². The molecule has 7 nitrogen and oxygen atoms in total. The van der Waals surface area contributed by atoms with Gasteiger partial charge in [0.2, 0.25) is 0 Å². The molecule has 1 aliphatic heterocycles. The minimum Gasteiger partial charge on any atom is -0.361 e. The number of unbranched alkanes of at least 4 members (excludes halogenated alkanes) is 1. The Morgan fingerprint density at radius 1 is 1.11 bits per heavy atom. The number of ketones is 1. The third-order valence-electron chi connectivity index (χ3n) is 6.82. The molecule has 1 aliphatic rings. The first-order valence-electron chi connectivity index (χ1n) is 12.5. The molecule has 182 valence electrons. The number of aromatic amines is 1. The second kappa shape index (κ2) is 11.0. The monoisotopic (exact) mass is 488 g/mol. The van der Waals surface area contributed by atoms with Crippen LogP contribution < -0.4 is 9.80 Å². The topological polar surface area (TPSA) is 78.0 Å². The van der Waals surface area contributed by atoms with Gasteiger partial charge in [-0.05, 0) is 42.5 Å². The van der Waals surface area contributed by atoms with Crippen LogP contribution in [0.25, 0.3) is 10.9 Å². The number of benzene rings is 1. The van der Waals surface area contributed by atoms with Gasteiger partial charge < -0.3 is 14.8 Å². The molecule has 5 rings (SSSR count). The Morgan fingerprint density at radius 3 is 2.74 bits per heavy atom. The molecular weight excluding hydrogens is 456 g/mol. The highest BCUT2D eigenvalue weighted by molar-refractivity contribution is 7.17. The summed E-state index contributed by atoms with van der Waals surface area (Å²) in [6.45, 7) is 5.66. The normalized spacial score (nSPS) is 15.0. The smallest absolute Gasteiger partial charge is 0.186 e. The molecule has 8 heteroatoms. The average molecular weight is 489 g/mol. The van der Waals surface area contributed by atoms with Crippen molar-refractivity contribution >= 4 is 39.0 Å². The molecule has 0 radical (unpaired) electrons. The second-order valence-electron chi connectivity index (χ2n) is 9.26. The molecule has 4 heterocycles. The van der Waals surface area contributed by atoms with Gasteiger partial charge >= 0.3 is 0 Å². The first kappa shape index (κ1) is 23.5. The maximum absolute atomic E-state index is 13.3. The molecule has 0 spiro atoms. The molecule has 0 bridgehead atoms. The van der Waals surface area contributed by atoms with Gasteiger partial charge in [0, 0.05) is 55.9 Å². The molecule has 0 amide bonds. The quantitative estimate of drug-likeness (QED) is 0.303. The third-order valence-corrected chi connectivity index (χ3v) is 7.92. The van der Waals surface area contributed by atoms with Crippen molar-refractivity contribution in [3.05, 3.63) is 65.4 Å². The van der Waals surface area contributed by atoms with E-state index in [0.29, 0.717) is 12.3 Å². The highest BCUT2D eigenvalue weighted by atomic mass is 32.1. The van der Waals surface area contributed by atoms with Gasteiger partial charge in [0.25, 0.3) is 0 Å². The standard InChI is InChI=1S/C27H32N6OS/c1-2-3-7-20(16-21-18-28-23-9-5-4-8-22(21)23)17-24(34)25-19-29-27(35-25)33-14-12-32(13-15-33)26-10-6-11-30-31-26/h4-6,8-11,18-20,28H,2-3,7,12-17H2,1H3. The van der Waals surface area contributed by atoms with Gasteiger partial charge in [-0.3, -0.25) is 4.79 Å². The number of fused-ring (bicyclic) bond motifs is 1. The van der Waals surface area contributed by atoms with E-state index in [1.165, 1.54) is 22.3 Å². The zero-order valence-corrected chi connectivity index (χ0v) is 21.0. The van der Waals surface area contributed by atoms with Crippen molar-refractivity contribution in [2.24, 2.45) is 5.92 Å². The molecule has 1 aromatic carbocycles. The number of H-pyrrole nitrogens is 1. The van der Waals surface area contributed by atoms with Crippen LogP contribution >= 0.6 is 11.3 Å². The molecule has 3 aromatic heterocycles. The van der Waals surface area contributed by atoms with E-state index >= 15 is 0 Å². The Bertz CT molecular complexity index is 1240. The van der Waals surface area contributed by atoms with Crippen LogP contribution in [0, 0.1) is 5.92 Å². The van der Waals surface area contributed by atoms with Crippen LogP contribution in [0.1, 0.15) is 47.8 Å². The molecule has 35 heavy (non-hydrogen) atoms. The van der Waals surface area contributed by atoms with Gasteiger partial charge in [0.15, 0.2) is 16.7 Å². The fourth-order valence-electron chi connectivity index (χ4n) is 4.87. The summed E-state index contributed by atoms with van der Waals surface area (Å²) in [5.41, 5.74) is 2.47. The van der Waals surface area contributed by atoms with Crippen LogP contribution in [-0.4, -0.2) is 52.1 Å². The van der Waals surface area contributed by atoms with Gasteiger partial charge in [0.05, 0.1) is 11.1 Å². The number of thiazole rings is 1. The SMILES string of the molecule is CCCCC(CC(=O)c1cnc(N2CCN(c3cccnn3)CC2)s1)Cc1c[nH]c2ccccc12. The number of hydrogen-bond donors (Lipinski definition) is 1. The summed E-state index contributed by atoms with van der Waals surface area (Å²) in [7, 11) is 0. The maximum Gasteiger partial charge on any atom is 0.186 e. The number of carbonyl (C=O) groups is 1. The van der Waals surface area contributed by atoms with Gasteiger partial charge in [0.1, 0.15) is 0 Å². The van der Waals surface area contributed by atoms with Crippen LogP contribution in [0.4, 0.5) is 10.9 Å². The fourth-order valence-corrected chi connectivity index (χ4v) is 5.79. The summed E-state index contributed by atoms with van der Waals surface area (Å²) in [5.74, 6) is 1.46. The van der Waals surface area contributed by atoms with Gasteiger partial charge in [-0.2, -0.15) is 5.10 Å². The Kier molecular flexibility index (Phi) is 7.37. The highest BCUT2D eigenvalue weighted by Crippen LogP contribution is 2.29. The number of anilines is 2. The minimum atomic E-state index is 0.216. The molecule has 1 unspecified atom stereocenters. The lowest BCUT2D eigenvalue weighted by molar-refractivity contribution is 0.0962. The number of Topliss-reactive ketones (excluding diaryl/α,β-unsaturated/α-hetero) is 1. The van der Waals surface area contributed by atoms with E-state index in [1.807, 2.05) is 12.1 Å². The van der Waals surface area contributed by atoms with Gasteiger partial charge in [-0.15, -0.1) is 5.10 Å². The molecule has 0 aliphatic carbocycles. The minimum absolute atomic E-state index is 0.216. The van der Waals surface area contributed by atoms with Crippen molar-refractivity contribution in [3.8, 4) is 0 Å². The summed E-state index contributed by atoms with van der Waals surface area (Å²) in [6, 6.07) is 12.3. The lowest BCUT2D eigenvalue weighted by Crippen LogP contribution is -2.46. The van der Waals surface area contributed by atoms with Crippen molar-refractivity contribution < 1.29 is 4.79 Å². The first-order valence-corrected chi connectivity index (χ1v) is 13.3. The van der Waals surface area contributed by atoms with E-state index < -0.39 is 0 Å². The number of piperazine rings is 1. The summed E-state index contributed by atoms with van der Waals surface area (Å²) in [4.78, 5) is 26.5. The van der Waals surface area contributed by atoms with E-state index in [-0.39, 0.29) is 5.78 Å². The Balaban J connectivity index is 1.21. The number of nitrogens with one attached hydrogen (secondary N) is 1. The largest absolute Gasteiger partial charge is 0.361 e. The van der Waals surface area contributed by atoms with Crippen LogP contribution in [-0.2, 0) is 6.42 Å². The van der Waals surface area contributed by atoms with Crippen molar-refractivity contribution in [1.29, 1.82) is 0 Å². The summed E-state index contributed by atoms with van der Waals surface area (Å²) in [6.07, 6.45) is 10.4. The molecular formula is C27H32N6OS. The van der Waals surface area contributed by atoms with Crippen molar-refractivity contribution in [2.75, 3.05) is 36.0 Å². The van der Waals surface area contributed by atoms with Gasteiger partial charge in [-0.1, -0.05) is 49.3 Å². The first-order chi connectivity index (χ1) is 17.2. The number of nitrogens with zero attached hydrogens (tertiary/aromatic N) is 5. The van der Waals surface area contributed by atoms with Crippen LogP contribution in [0.3, 0.4) is 0 Å². The molecule has 4 aromatic rings. The zero-order valence-electron chi connectivity index (χ0n) is 20.2. The molecule has 1 fully saturated rings. The number of para-hydroxylation sites is 1. The van der Waals surface area contributed by atoms with Crippen LogP contribution in [0.5, 0.6) is 0 Å². The van der Waals surface area contributed by atoms with Crippen LogP contribution in [0.15, 0.2) is 55.0 Å². The number of carbonyl (C=O) groups excluding carboxylic acids is 1. The van der Waals surface area contributed by atoms with Gasteiger partial charge in [-0.25, -0.2) is 4.98 Å². The van der Waals surface area contributed by atoms with E-state index in [9.17, 15) is 4.79 Å². The predicted molar refractivity (Wildman–Crippen MR) is 143 cm³/mol. The Morgan fingerprint density at radius 2 is 1.94 bits per heavy atom. The van der Waals surface area contributed by atoms with E-state index in [2.05, 4.69) is 67.4 Å². The fraction of sp³-hybridized carbons (Fsp3) is 0.407. The molecule has 1 N–H and O–H groups in total. The lowest BCUT2D eigenvalue weighted by Gasteiger charge is -2.34. The summed E-state index contributed by atoms with van der Waals surface area (Å²) in [5, 5.41) is 10.4. The lowest BCUT2D eigenvalue weighted by atomic mass is 9.89. The Hall–Kier alpha value is -3.26. The molecule has 1 atom stereocenters. The summed E-state index contributed by atoms with van der Waals surface area (Å²) >= 11 is 1.53. The summed E-state index contributed by atoms with van der Waals surface area (Å²) < 4.78 is 0. The van der Waals surface area contributed by atoms with Crippen molar-refractivity contribution in [3.63, 3.8) is 0 Å². The number of hydrogen-bond acceptors (Lipinski definition) is 7. The Labute approximate surface area is 210 Å². The zero-order chi connectivity index (χ0) is 24.0. The third kappa shape index (κ3) is 5.53. The number of aromatic nitrogens is 4. The average Bonchev–Trinajstić information content (AvgIpc) is 3.56. The van der Waals surface area contributed by atoms with E-state index in [4.69, 9.17) is 0 Å². The maximum atomic E-state index is 13.3. The second-order valence-corrected chi connectivity index (χ2v) is 10.3.